The van der Waals surface area contributed by atoms with E-state index >= 15 is 0 Å². The number of anilines is 1. The van der Waals surface area contributed by atoms with Crippen LogP contribution in [0.15, 0.2) is 89.8 Å². The Bertz CT molecular complexity index is 1180. The van der Waals surface area contributed by atoms with E-state index in [2.05, 4.69) is 0 Å². The largest absolute Gasteiger partial charge is 0.425 e. The van der Waals surface area contributed by atoms with Crippen LogP contribution in [-0.4, -0.2) is 32.4 Å². The fourth-order valence-corrected chi connectivity index (χ4v) is 4.71. The molecule has 0 aliphatic carbocycles. The van der Waals surface area contributed by atoms with Gasteiger partial charge in [0.1, 0.15) is 6.54 Å². The highest BCUT2D eigenvalue weighted by atomic mass is 32.2. The molecule has 0 aliphatic rings. The Morgan fingerprint density at radius 3 is 1.61 bits per heavy atom. The number of hydrogen-bond acceptors (Lipinski definition) is 3. The minimum Gasteiger partial charge on any atom is -0.372 e. The van der Waals surface area contributed by atoms with Crippen molar-refractivity contribution in [3.63, 3.8) is 0 Å². The lowest BCUT2D eigenvalue weighted by Crippen LogP contribution is -2.43. The highest BCUT2D eigenvalue weighted by molar-refractivity contribution is 7.92. The lowest BCUT2D eigenvalue weighted by Gasteiger charge is -2.32. The molecule has 11 heteroatoms. The number of nitrogens with zero attached hydrogens (tertiary/aromatic N) is 1. The second-order valence-electron chi connectivity index (χ2n) is 7.06. The second-order valence-corrected chi connectivity index (χ2v) is 8.92. The molecular weight excluding hydrogens is 472 g/mol. The monoisotopic (exact) mass is 489 g/mol. The zero-order valence-electron chi connectivity index (χ0n) is 16.7. The van der Waals surface area contributed by atoms with Crippen LogP contribution in [0.25, 0.3) is 0 Å². The lowest BCUT2D eigenvalue weighted by atomic mass is 9.85. The van der Waals surface area contributed by atoms with Crippen LogP contribution in [0.1, 0.15) is 11.1 Å². The van der Waals surface area contributed by atoms with Crippen LogP contribution >= 0.6 is 0 Å². The molecule has 0 radical (unpaired) electrons. The van der Waals surface area contributed by atoms with Crippen molar-refractivity contribution in [2.24, 2.45) is 0 Å². The van der Waals surface area contributed by atoms with E-state index < -0.39 is 56.2 Å². The summed E-state index contributed by atoms with van der Waals surface area (Å²) in [6.45, 7) is -1.90. The predicted molar refractivity (Wildman–Crippen MR) is 109 cm³/mol. The van der Waals surface area contributed by atoms with Crippen LogP contribution in [0, 0.1) is 0 Å². The fraction of sp³-hybridized carbons (Fsp3) is 0.182. The average molecular weight is 489 g/mol. The van der Waals surface area contributed by atoms with Gasteiger partial charge in [0, 0.05) is 0 Å². The predicted octanol–water partition coefficient (Wildman–Crippen LogP) is 5.24. The van der Waals surface area contributed by atoms with E-state index in [-0.39, 0.29) is 4.31 Å². The summed E-state index contributed by atoms with van der Waals surface area (Å²) in [5.74, 6) is 0. The van der Waals surface area contributed by atoms with Crippen molar-refractivity contribution in [3.05, 3.63) is 96.1 Å². The van der Waals surface area contributed by atoms with Gasteiger partial charge >= 0.3 is 12.4 Å². The number of sulfonamides is 1. The van der Waals surface area contributed by atoms with Gasteiger partial charge < -0.3 is 5.11 Å². The molecule has 0 bridgehead atoms. The normalized spacial score (nSPS) is 14.5. The van der Waals surface area contributed by atoms with Crippen molar-refractivity contribution in [2.75, 3.05) is 10.8 Å². The quantitative estimate of drug-likeness (QED) is 0.482. The number of rotatable bonds is 6. The smallest absolute Gasteiger partial charge is 0.372 e. The van der Waals surface area contributed by atoms with Gasteiger partial charge in [-0.3, -0.25) is 4.31 Å². The van der Waals surface area contributed by atoms with Gasteiger partial charge in [-0.2, -0.15) is 26.3 Å². The number of aliphatic hydroxyl groups is 1. The third kappa shape index (κ3) is 4.98. The molecule has 3 aromatic rings. The first-order chi connectivity index (χ1) is 15.3. The van der Waals surface area contributed by atoms with Gasteiger partial charge in [0.15, 0.2) is 0 Å². The van der Waals surface area contributed by atoms with Crippen molar-refractivity contribution in [3.8, 4) is 0 Å². The molecule has 0 heterocycles. The Hall–Kier alpha value is -3.05. The molecule has 0 spiro atoms. The van der Waals surface area contributed by atoms with E-state index in [1.807, 2.05) is 0 Å². The molecule has 0 saturated carbocycles. The first kappa shape index (κ1) is 24.6. The van der Waals surface area contributed by atoms with Crippen molar-refractivity contribution in [1.29, 1.82) is 0 Å². The maximum absolute atomic E-state index is 13.9. The minimum absolute atomic E-state index is 0.0568. The van der Waals surface area contributed by atoms with Gasteiger partial charge in [-0.1, -0.05) is 60.7 Å². The standard InChI is InChI=1S/C22H17F6NO3S/c23-20(24,25)15-29(33(31,32)19-9-5-2-6-10-19)18-13-11-17(12-14-18)21(30,22(26,27)28)16-7-3-1-4-8-16/h1-14,30H,15H2. The topological polar surface area (TPSA) is 57.6 Å². The third-order valence-electron chi connectivity index (χ3n) is 4.83. The molecule has 1 N–H and O–H groups in total. The van der Waals surface area contributed by atoms with Gasteiger partial charge in [-0.15, -0.1) is 0 Å². The summed E-state index contributed by atoms with van der Waals surface area (Å²) in [6.07, 6.45) is -10.1. The first-order valence-corrected chi connectivity index (χ1v) is 10.8. The average Bonchev–Trinajstić information content (AvgIpc) is 2.77. The van der Waals surface area contributed by atoms with Crippen LogP contribution in [0.4, 0.5) is 32.0 Å². The molecule has 1 atom stereocenters. The third-order valence-corrected chi connectivity index (χ3v) is 6.62. The first-order valence-electron chi connectivity index (χ1n) is 9.36. The van der Waals surface area contributed by atoms with E-state index in [0.29, 0.717) is 0 Å². The lowest BCUT2D eigenvalue weighted by molar-refractivity contribution is -0.248. The van der Waals surface area contributed by atoms with E-state index in [0.717, 1.165) is 48.5 Å². The number of benzene rings is 3. The Labute approximate surface area is 185 Å². The summed E-state index contributed by atoms with van der Waals surface area (Å²) < 4.78 is 107. The molecule has 176 valence electrons. The molecule has 4 nitrogen and oxygen atoms in total. The van der Waals surface area contributed by atoms with Crippen molar-refractivity contribution in [1.82, 2.24) is 0 Å². The van der Waals surface area contributed by atoms with E-state index in [1.165, 1.54) is 36.4 Å². The van der Waals surface area contributed by atoms with Gasteiger partial charge in [0.05, 0.1) is 10.6 Å². The van der Waals surface area contributed by atoms with Gasteiger partial charge in [-0.05, 0) is 35.4 Å². The summed E-state index contributed by atoms with van der Waals surface area (Å²) in [5, 5.41) is 10.6. The van der Waals surface area contributed by atoms with Crippen molar-refractivity contribution < 1.29 is 39.9 Å². The minimum atomic E-state index is -5.17. The van der Waals surface area contributed by atoms with E-state index in [9.17, 15) is 39.9 Å². The molecule has 33 heavy (non-hydrogen) atoms. The van der Waals surface area contributed by atoms with Crippen molar-refractivity contribution in [2.45, 2.75) is 22.8 Å². The molecule has 1 unspecified atom stereocenters. The number of alkyl halides is 6. The molecule has 0 saturated heterocycles. The summed E-state index contributed by atoms with van der Waals surface area (Å²) in [4.78, 5) is -0.422. The zero-order chi connectivity index (χ0) is 24.5. The molecule has 3 aromatic carbocycles. The second kappa shape index (κ2) is 8.71. The Kier molecular flexibility index (Phi) is 6.49. The maximum Gasteiger partial charge on any atom is 0.425 e. The van der Waals surface area contributed by atoms with Crippen LogP contribution < -0.4 is 4.31 Å². The van der Waals surface area contributed by atoms with E-state index in [1.54, 1.807) is 0 Å². The SMILES string of the molecule is O=S(=O)(c1ccccc1)N(CC(F)(F)F)c1ccc(C(O)(c2ccccc2)C(F)(F)F)cc1. The molecule has 3 rings (SSSR count). The van der Waals surface area contributed by atoms with Crippen LogP contribution in [-0.2, 0) is 15.6 Å². The summed E-state index contributed by atoms with van der Waals surface area (Å²) in [6, 6.07) is 15.5. The Morgan fingerprint density at radius 1 is 0.697 bits per heavy atom. The molecule has 0 amide bonds. The molecule has 0 aromatic heterocycles. The van der Waals surface area contributed by atoms with Gasteiger partial charge in [0.25, 0.3) is 10.0 Å². The fourth-order valence-electron chi connectivity index (χ4n) is 3.24. The van der Waals surface area contributed by atoms with Gasteiger partial charge in [0.2, 0.25) is 5.60 Å². The Morgan fingerprint density at radius 2 is 1.15 bits per heavy atom. The number of halogens is 6. The molecule has 0 fully saturated rings. The van der Waals surface area contributed by atoms with Crippen LogP contribution in [0.2, 0.25) is 0 Å². The molecular formula is C22H17F6NO3S. The Balaban J connectivity index is 2.10. The maximum atomic E-state index is 13.9. The van der Waals surface area contributed by atoms with Crippen LogP contribution in [0.3, 0.4) is 0 Å². The van der Waals surface area contributed by atoms with Gasteiger partial charge in [-0.25, -0.2) is 8.42 Å². The zero-order valence-corrected chi connectivity index (χ0v) is 17.5. The van der Waals surface area contributed by atoms with Crippen molar-refractivity contribution >= 4 is 15.7 Å². The van der Waals surface area contributed by atoms with Crippen LogP contribution in [0.5, 0.6) is 0 Å². The summed E-state index contributed by atoms with van der Waals surface area (Å²) >= 11 is 0. The van der Waals surface area contributed by atoms with E-state index in [4.69, 9.17) is 0 Å². The molecule has 0 aliphatic heterocycles. The highest BCUT2D eigenvalue weighted by Gasteiger charge is 2.56. The summed E-state index contributed by atoms with van der Waals surface area (Å²) in [7, 11) is -4.69. The highest BCUT2D eigenvalue weighted by Crippen LogP contribution is 2.44. The summed E-state index contributed by atoms with van der Waals surface area (Å²) in [5.41, 5.74) is -5.17. The number of hydrogen-bond donors (Lipinski definition) is 1.